The molecule has 0 aliphatic rings. The Kier molecular flexibility index (Phi) is 5.78. The smallest absolute Gasteiger partial charge is 0.118 e. The summed E-state index contributed by atoms with van der Waals surface area (Å²) >= 11 is 0. The molecular weight excluding hydrogens is 192 g/mol. The van der Waals surface area contributed by atoms with Gasteiger partial charge in [-0.25, -0.2) is 0 Å². The van der Waals surface area contributed by atoms with Crippen molar-refractivity contribution in [2.75, 3.05) is 20.3 Å². The molecule has 0 aliphatic heterocycles. The lowest BCUT2D eigenvalue weighted by molar-refractivity contribution is -0.200. The molecule has 0 fully saturated rings. The van der Waals surface area contributed by atoms with Crippen molar-refractivity contribution >= 4 is 0 Å². The molecule has 0 radical (unpaired) electrons. The Morgan fingerprint density at radius 2 is 1.80 bits per heavy atom. The summed E-state index contributed by atoms with van der Waals surface area (Å²) in [7, 11) is 1.64. The topological polar surface area (TPSA) is 38.7 Å². The van der Waals surface area contributed by atoms with Crippen molar-refractivity contribution in [3.63, 3.8) is 0 Å². The molecule has 0 saturated heterocycles. The third-order valence-electron chi connectivity index (χ3n) is 2.68. The minimum atomic E-state index is -0.582. The van der Waals surface area contributed by atoms with Gasteiger partial charge in [-0.1, -0.05) is 20.3 Å². The van der Waals surface area contributed by atoms with Gasteiger partial charge < -0.3 is 14.6 Å². The number of hydrogen-bond acceptors (Lipinski definition) is 3. The van der Waals surface area contributed by atoms with Crippen molar-refractivity contribution in [2.24, 2.45) is 5.92 Å². The van der Waals surface area contributed by atoms with E-state index in [4.69, 9.17) is 9.47 Å². The van der Waals surface area contributed by atoms with E-state index in [0.29, 0.717) is 6.61 Å². The monoisotopic (exact) mass is 218 g/mol. The van der Waals surface area contributed by atoms with Crippen LogP contribution in [0.5, 0.6) is 0 Å². The molecule has 0 bridgehead atoms. The Morgan fingerprint density at radius 3 is 2.07 bits per heavy atom. The van der Waals surface area contributed by atoms with Crippen LogP contribution < -0.4 is 0 Å². The summed E-state index contributed by atoms with van der Waals surface area (Å²) in [5.41, 5.74) is -0.855. The van der Waals surface area contributed by atoms with Gasteiger partial charge in [0.25, 0.3) is 0 Å². The van der Waals surface area contributed by atoms with Crippen LogP contribution in [0.25, 0.3) is 0 Å². The minimum Gasteiger partial charge on any atom is -0.393 e. The highest BCUT2D eigenvalue weighted by Crippen LogP contribution is 2.30. The van der Waals surface area contributed by atoms with Gasteiger partial charge in [-0.15, -0.1) is 0 Å². The van der Waals surface area contributed by atoms with Gasteiger partial charge in [0.1, 0.15) is 5.60 Å². The second-order valence-corrected chi connectivity index (χ2v) is 5.18. The van der Waals surface area contributed by atoms with Crippen molar-refractivity contribution < 1.29 is 14.6 Å². The van der Waals surface area contributed by atoms with Gasteiger partial charge in [-0.2, -0.15) is 0 Å². The Labute approximate surface area is 93.8 Å². The molecule has 0 aromatic rings. The van der Waals surface area contributed by atoms with Crippen LogP contribution in [0.3, 0.4) is 0 Å². The van der Waals surface area contributed by atoms with E-state index in [1.807, 2.05) is 20.8 Å². The third kappa shape index (κ3) is 4.49. The molecule has 1 N–H and O–H groups in total. The lowest BCUT2D eigenvalue weighted by Crippen LogP contribution is -2.51. The summed E-state index contributed by atoms with van der Waals surface area (Å²) in [6.07, 6.45) is 0.958. The van der Waals surface area contributed by atoms with Crippen LogP contribution in [0.1, 0.15) is 41.0 Å². The van der Waals surface area contributed by atoms with Gasteiger partial charge in [0.2, 0.25) is 0 Å². The van der Waals surface area contributed by atoms with Gasteiger partial charge in [-0.3, -0.25) is 0 Å². The van der Waals surface area contributed by atoms with Crippen LogP contribution in [-0.4, -0.2) is 36.6 Å². The number of aliphatic hydroxyl groups excluding tert-OH is 1. The standard InChI is InChI=1S/C12H26O3/c1-7-10(2)12(8-13,9-14-6)15-11(3,4)5/h10,13H,7-9H2,1-6H3. The molecule has 0 aromatic carbocycles. The van der Waals surface area contributed by atoms with Crippen LogP contribution in [-0.2, 0) is 9.47 Å². The van der Waals surface area contributed by atoms with E-state index >= 15 is 0 Å². The first-order valence-corrected chi connectivity index (χ1v) is 5.61. The number of hydrogen-bond donors (Lipinski definition) is 1. The van der Waals surface area contributed by atoms with E-state index < -0.39 is 5.60 Å². The second kappa shape index (κ2) is 5.83. The molecule has 2 unspecified atom stereocenters. The van der Waals surface area contributed by atoms with E-state index in [1.54, 1.807) is 7.11 Å². The van der Waals surface area contributed by atoms with Gasteiger partial charge in [-0.05, 0) is 26.7 Å². The molecule has 0 aliphatic carbocycles. The van der Waals surface area contributed by atoms with Crippen molar-refractivity contribution in [1.82, 2.24) is 0 Å². The van der Waals surface area contributed by atoms with E-state index in [9.17, 15) is 5.11 Å². The number of aliphatic hydroxyl groups is 1. The van der Waals surface area contributed by atoms with Crippen LogP contribution in [0.15, 0.2) is 0 Å². The molecule has 0 amide bonds. The quantitative estimate of drug-likeness (QED) is 0.743. The zero-order valence-electron chi connectivity index (χ0n) is 11.0. The summed E-state index contributed by atoms with van der Waals surface area (Å²) in [6, 6.07) is 0. The Bertz CT molecular complexity index is 174. The predicted molar refractivity (Wildman–Crippen MR) is 62.0 cm³/mol. The highest BCUT2D eigenvalue weighted by atomic mass is 16.6. The van der Waals surface area contributed by atoms with Gasteiger partial charge in [0.15, 0.2) is 0 Å². The maximum Gasteiger partial charge on any atom is 0.118 e. The number of rotatable bonds is 6. The van der Waals surface area contributed by atoms with Crippen LogP contribution >= 0.6 is 0 Å². The maximum absolute atomic E-state index is 9.57. The van der Waals surface area contributed by atoms with E-state index in [-0.39, 0.29) is 18.1 Å². The van der Waals surface area contributed by atoms with Crippen molar-refractivity contribution in [1.29, 1.82) is 0 Å². The SMILES string of the molecule is CCC(C)C(CO)(COC)OC(C)(C)C. The number of ether oxygens (including phenoxy) is 2. The summed E-state index contributed by atoms with van der Waals surface area (Å²) in [5.74, 6) is 0.265. The van der Waals surface area contributed by atoms with Crippen molar-refractivity contribution in [3.05, 3.63) is 0 Å². The van der Waals surface area contributed by atoms with Crippen LogP contribution in [0, 0.1) is 5.92 Å². The van der Waals surface area contributed by atoms with Gasteiger partial charge in [0.05, 0.1) is 18.8 Å². The van der Waals surface area contributed by atoms with Gasteiger partial charge >= 0.3 is 0 Å². The summed E-state index contributed by atoms with van der Waals surface area (Å²) < 4.78 is 11.2. The van der Waals surface area contributed by atoms with E-state index in [1.165, 1.54) is 0 Å². The predicted octanol–water partition coefficient (Wildman–Crippen LogP) is 2.23. The zero-order chi connectivity index (χ0) is 12.1. The highest BCUT2D eigenvalue weighted by Gasteiger charge is 2.39. The maximum atomic E-state index is 9.57. The molecule has 0 heterocycles. The fourth-order valence-electron chi connectivity index (χ4n) is 1.73. The molecular formula is C12H26O3. The van der Waals surface area contributed by atoms with Crippen molar-refractivity contribution in [3.8, 4) is 0 Å². The first-order valence-electron chi connectivity index (χ1n) is 5.61. The first kappa shape index (κ1) is 14.9. The average Bonchev–Trinajstić information content (AvgIpc) is 2.13. The molecule has 0 aromatic heterocycles. The van der Waals surface area contributed by atoms with Crippen molar-refractivity contribution in [2.45, 2.75) is 52.2 Å². The van der Waals surface area contributed by atoms with E-state index in [0.717, 1.165) is 6.42 Å². The molecule has 0 spiro atoms. The molecule has 15 heavy (non-hydrogen) atoms. The summed E-state index contributed by atoms with van der Waals surface area (Å²) in [6.45, 7) is 10.6. The number of methoxy groups -OCH3 is 1. The lowest BCUT2D eigenvalue weighted by atomic mass is 9.87. The van der Waals surface area contributed by atoms with Crippen LogP contribution in [0.4, 0.5) is 0 Å². The fourth-order valence-corrected chi connectivity index (χ4v) is 1.73. The zero-order valence-corrected chi connectivity index (χ0v) is 11.0. The average molecular weight is 218 g/mol. The fraction of sp³-hybridized carbons (Fsp3) is 1.00. The lowest BCUT2D eigenvalue weighted by Gasteiger charge is -2.41. The van der Waals surface area contributed by atoms with Gasteiger partial charge in [0, 0.05) is 7.11 Å². The van der Waals surface area contributed by atoms with Crippen LogP contribution in [0.2, 0.25) is 0 Å². The Hall–Kier alpha value is -0.120. The molecule has 0 rings (SSSR count). The Balaban J connectivity index is 4.80. The van der Waals surface area contributed by atoms with E-state index in [2.05, 4.69) is 13.8 Å². The first-order chi connectivity index (χ1) is 6.81. The normalized spacial score (nSPS) is 18.6. The molecule has 3 nitrogen and oxygen atoms in total. The minimum absolute atomic E-state index is 0.00683. The molecule has 3 heteroatoms. The second-order valence-electron chi connectivity index (χ2n) is 5.18. The Morgan fingerprint density at radius 1 is 1.27 bits per heavy atom. The largest absolute Gasteiger partial charge is 0.393 e. The summed E-state index contributed by atoms with van der Waals surface area (Å²) in [5, 5.41) is 9.57. The summed E-state index contributed by atoms with van der Waals surface area (Å²) in [4.78, 5) is 0. The molecule has 2 atom stereocenters. The molecule has 92 valence electrons. The third-order valence-corrected chi connectivity index (χ3v) is 2.68. The highest BCUT2D eigenvalue weighted by molar-refractivity contribution is 4.87. The molecule has 0 saturated carbocycles.